The number of hydrogen-bond donors (Lipinski definition) is 2. The van der Waals surface area contributed by atoms with Gasteiger partial charge in [0.15, 0.2) is 10.1 Å². The molecular weight excluding hydrogens is 458 g/mol. The summed E-state index contributed by atoms with van der Waals surface area (Å²) in [5.41, 5.74) is 2.09. The van der Waals surface area contributed by atoms with E-state index in [1.165, 1.54) is 12.1 Å². The van der Waals surface area contributed by atoms with Crippen molar-refractivity contribution in [1.29, 1.82) is 0 Å². The minimum Gasteiger partial charge on any atom is -0.325 e. The molecule has 0 aliphatic rings. The Morgan fingerprint density at radius 2 is 1.85 bits per heavy atom. The van der Waals surface area contributed by atoms with Crippen LogP contribution < -0.4 is 10.9 Å². The minimum atomic E-state index is -4.00. The zero-order valence-electron chi connectivity index (χ0n) is 18.6. The number of nitrogens with one attached hydrogen (secondary N) is 2. The summed E-state index contributed by atoms with van der Waals surface area (Å²) in [6.45, 7) is 4.13. The van der Waals surface area contributed by atoms with Gasteiger partial charge in [0.1, 0.15) is 0 Å². The Morgan fingerprint density at radius 1 is 1.09 bits per heavy atom. The van der Waals surface area contributed by atoms with Crippen LogP contribution in [0.15, 0.2) is 74.5 Å². The fourth-order valence-corrected chi connectivity index (χ4v) is 5.04. The first-order chi connectivity index (χ1) is 15.8. The number of thioether (sulfide) groups is 1. The first kappa shape index (κ1) is 24.7. The average Bonchev–Trinajstić information content (AvgIpc) is 2.81. The third-order valence-corrected chi connectivity index (χ3v) is 7.69. The van der Waals surface area contributed by atoms with Gasteiger partial charge in [0.2, 0.25) is 15.7 Å². The molecule has 0 saturated carbocycles. The molecule has 7 nitrogen and oxygen atoms in total. The van der Waals surface area contributed by atoms with Gasteiger partial charge in [-0.2, -0.15) is 0 Å². The van der Waals surface area contributed by atoms with Gasteiger partial charge in [0.25, 0.3) is 5.56 Å². The van der Waals surface area contributed by atoms with Crippen LogP contribution in [0.1, 0.15) is 37.8 Å². The number of aromatic amines is 1. The molecule has 2 N–H and O–H groups in total. The molecule has 0 atom stereocenters. The monoisotopic (exact) mass is 485 g/mol. The number of benzene rings is 2. The number of H-pyrrole nitrogens is 1. The topological polar surface area (TPSA) is 109 Å². The van der Waals surface area contributed by atoms with Crippen LogP contribution in [0.2, 0.25) is 0 Å². The number of amides is 1. The van der Waals surface area contributed by atoms with Crippen molar-refractivity contribution in [1.82, 2.24) is 9.97 Å². The van der Waals surface area contributed by atoms with Gasteiger partial charge < -0.3 is 10.3 Å². The van der Waals surface area contributed by atoms with Crippen molar-refractivity contribution in [2.45, 2.75) is 54.5 Å². The standard InChI is InChI=1S/C24H27N3O4S2/c1-3-5-7-18-10-12-20(13-11-18)33(30,31)21-15-25-24(27-23(21)29)32-16-22(28)26-19-9-6-8-17(4-2)14-19/h6,8-15H,3-5,7,16H2,1-2H3,(H,26,28)(H,25,27,29). The summed E-state index contributed by atoms with van der Waals surface area (Å²) in [5, 5.41) is 2.97. The van der Waals surface area contributed by atoms with Crippen LogP contribution in [0, 0.1) is 0 Å². The van der Waals surface area contributed by atoms with Crippen molar-refractivity contribution in [3.05, 3.63) is 76.2 Å². The fourth-order valence-electron chi connectivity index (χ4n) is 3.17. The maximum absolute atomic E-state index is 12.9. The highest BCUT2D eigenvalue weighted by Gasteiger charge is 2.22. The number of sulfone groups is 1. The second kappa shape index (κ2) is 11.3. The lowest BCUT2D eigenvalue weighted by atomic mass is 10.1. The van der Waals surface area contributed by atoms with Gasteiger partial charge in [-0.3, -0.25) is 9.59 Å². The van der Waals surface area contributed by atoms with Gasteiger partial charge in [-0.15, -0.1) is 0 Å². The van der Waals surface area contributed by atoms with Gasteiger partial charge in [0.05, 0.1) is 16.8 Å². The molecule has 0 bridgehead atoms. The van der Waals surface area contributed by atoms with Crippen LogP contribution in [0.4, 0.5) is 5.69 Å². The van der Waals surface area contributed by atoms with Crippen LogP contribution in [0.3, 0.4) is 0 Å². The van der Waals surface area contributed by atoms with Crippen LogP contribution in [0.25, 0.3) is 0 Å². The lowest BCUT2D eigenvalue weighted by Crippen LogP contribution is -2.20. The molecule has 2 aromatic carbocycles. The van der Waals surface area contributed by atoms with Crippen LogP contribution >= 0.6 is 11.8 Å². The maximum Gasteiger partial charge on any atom is 0.270 e. The van der Waals surface area contributed by atoms with E-state index in [9.17, 15) is 18.0 Å². The van der Waals surface area contributed by atoms with Crippen LogP contribution in [-0.4, -0.2) is 30.0 Å². The molecule has 9 heteroatoms. The van der Waals surface area contributed by atoms with Gasteiger partial charge in [-0.05, 0) is 54.7 Å². The first-order valence-electron chi connectivity index (χ1n) is 10.8. The smallest absolute Gasteiger partial charge is 0.270 e. The highest BCUT2D eigenvalue weighted by molar-refractivity contribution is 7.99. The van der Waals surface area contributed by atoms with Crippen molar-refractivity contribution in [2.24, 2.45) is 0 Å². The number of aromatic nitrogens is 2. The van der Waals surface area contributed by atoms with E-state index in [1.54, 1.807) is 18.2 Å². The van der Waals surface area contributed by atoms with Gasteiger partial charge in [-0.1, -0.05) is 56.3 Å². The Kier molecular flexibility index (Phi) is 8.46. The first-order valence-corrected chi connectivity index (χ1v) is 13.2. The fraction of sp³-hybridized carbons (Fsp3) is 0.292. The number of anilines is 1. The predicted molar refractivity (Wildman–Crippen MR) is 131 cm³/mol. The summed E-state index contributed by atoms with van der Waals surface area (Å²) in [5.74, 6) is -0.235. The van der Waals surface area contributed by atoms with E-state index >= 15 is 0 Å². The SMILES string of the molecule is CCCCc1ccc(S(=O)(=O)c2cnc(SCC(=O)Nc3cccc(CC)c3)[nH]c2=O)cc1. The molecule has 174 valence electrons. The Morgan fingerprint density at radius 3 is 2.52 bits per heavy atom. The van der Waals surface area contributed by atoms with Crippen LogP contribution in [-0.2, 0) is 27.5 Å². The quantitative estimate of drug-likeness (QED) is 0.328. The minimum absolute atomic E-state index is 0.0185. The third-order valence-electron chi connectivity index (χ3n) is 5.04. The second-order valence-electron chi connectivity index (χ2n) is 7.52. The van der Waals surface area contributed by atoms with E-state index in [4.69, 9.17) is 0 Å². The number of rotatable bonds is 10. The summed E-state index contributed by atoms with van der Waals surface area (Å²) < 4.78 is 25.8. The predicted octanol–water partition coefficient (Wildman–Crippen LogP) is 4.24. The second-order valence-corrected chi connectivity index (χ2v) is 10.4. The molecule has 0 saturated heterocycles. The van der Waals surface area contributed by atoms with Crippen molar-refractivity contribution < 1.29 is 13.2 Å². The lowest BCUT2D eigenvalue weighted by Gasteiger charge is -2.07. The van der Waals surface area contributed by atoms with Crippen molar-refractivity contribution in [3.8, 4) is 0 Å². The number of hydrogen-bond acceptors (Lipinski definition) is 6. The molecule has 0 spiro atoms. The third kappa shape index (κ3) is 6.55. The zero-order chi connectivity index (χ0) is 23.8. The zero-order valence-corrected chi connectivity index (χ0v) is 20.3. The normalized spacial score (nSPS) is 11.3. The molecule has 0 unspecified atom stereocenters. The van der Waals surface area contributed by atoms with E-state index in [0.29, 0.717) is 5.69 Å². The Balaban J connectivity index is 1.66. The Labute approximate surface area is 198 Å². The highest BCUT2D eigenvalue weighted by Crippen LogP contribution is 2.20. The number of carbonyl (C=O) groups is 1. The molecule has 0 fully saturated rings. The molecule has 3 rings (SSSR count). The number of aryl methyl sites for hydroxylation is 2. The van der Waals surface area contributed by atoms with Crippen molar-refractivity contribution in [3.63, 3.8) is 0 Å². The summed E-state index contributed by atoms with van der Waals surface area (Å²) in [4.78, 5) is 30.8. The molecule has 0 radical (unpaired) electrons. The number of carbonyl (C=O) groups excluding carboxylic acids is 1. The summed E-state index contributed by atoms with van der Waals surface area (Å²) >= 11 is 1.02. The number of unbranched alkanes of at least 4 members (excludes halogenated alkanes) is 1. The highest BCUT2D eigenvalue weighted by atomic mass is 32.2. The van der Waals surface area contributed by atoms with E-state index < -0.39 is 20.3 Å². The van der Waals surface area contributed by atoms with E-state index in [-0.39, 0.29) is 21.7 Å². The molecular formula is C24H27N3O4S2. The Hall–Kier alpha value is -2.91. The van der Waals surface area contributed by atoms with Gasteiger partial charge in [0, 0.05) is 5.69 Å². The average molecular weight is 486 g/mol. The molecule has 1 amide bonds. The van der Waals surface area contributed by atoms with Crippen LogP contribution in [0.5, 0.6) is 0 Å². The summed E-state index contributed by atoms with van der Waals surface area (Å²) in [7, 11) is -4.00. The number of nitrogens with zero attached hydrogens (tertiary/aromatic N) is 1. The molecule has 1 heterocycles. The van der Waals surface area contributed by atoms with Gasteiger partial charge >= 0.3 is 0 Å². The summed E-state index contributed by atoms with van der Waals surface area (Å²) in [6, 6.07) is 14.1. The van der Waals surface area contributed by atoms with E-state index in [0.717, 1.165) is 54.8 Å². The van der Waals surface area contributed by atoms with Crippen molar-refractivity contribution in [2.75, 3.05) is 11.1 Å². The van der Waals surface area contributed by atoms with E-state index in [2.05, 4.69) is 22.2 Å². The summed E-state index contributed by atoms with van der Waals surface area (Å²) in [6.07, 6.45) is 4.87. The van der Waals surface area contributed by atoms with E-state index in [1.807, 2.05) is 25.1 Å². The maximum atomic E-state index is 12.9. The molecule has 1 aromatic heterocycles. The molecule has 0 aliphatic carbocycles. The largest absolute Gasteiger partial charge is 0.325 e. The Bertz CT molecular complexity index is 1270. The molecule has 3 aromatic rings. The van der Waals surface area contributed by atoms with Crippen molar-refractivity contribution >= 4 is 33.2 Å². The lowest BCUT2D eigenvalue weighted by molar-refractivity contribution is -0.113. The molecule has 33 heavy (non-hydrogen) atoms. The molecule has 0 aliphatic heterocycles. The van der Waals surface area contributed by atoms with Gasteiger partial charge in [-0.25, -0.2) is 13.4 Å².